The molecule has 5 heteroatoms. The first kappa shape index (κ1) is 13.4. The molecule has 0 amide bonds. The predicted molar refractivity (Wildman–Crippen MR) is 67.9 cm³/mol. The molecule has 16 heavy (non-hydrogen) atoms. The minimum absolute atomic E-state index is 0.189. The summed E-state index contributed by atoms with van der Waals surface area (Å²) in [5, 5.41) is 8.92. The molecular formula is C11H13FINO2. The van der Waals surface area contributed by atoms with Crippen LogP contribution in [0.3, 0.4) is 0 Å². The lowest BCUT2D eigenvalue weighted by Gasteiger charge is -2.20. The quantitative estimate of drug-likeness (QED) is 0.827. The standard InChI is InChI=1S/C11H13FINO2/c1-11(14,10(15)16)5-8-4-7(6-12)2-3-9(8)13/h2-4H,5-6,14H2,1H3,(H,15,16)/t11-/m0/s1. The zero-order valence-electron chi connectivity index (χ0n) is 8.84. The number of alkyl halides is 1. The summed E-state index contributed by atoms with van der Waals surface area (Å²) in [7, 11) is 0. The molecule has 1 aromatic rings. The van der Waals surface area contributed by atoms with Crippen molar-refractivity contribution in [3.8, 4) is 0 Å². The number of nitrogens with two attached hydrogens (primary N) is 1. The Kier molecular flexibility index (Phi) is 4.26. The zero-order valence-corrected chi connectivity index (χ0v) is 11.0. The molecule has 1 atom stereocenters. The van der Waals surface area contributed by atoms with Crippen LogP contribution < -0.4 is 5.73 Å². The SMILES string of the molecule is C[C@](N)(Cc1cc(CF)ccc1I)C(=O)O. The second kappa shape index (κ2) is 5.09. The van der Waals surface area contributed by atoms with Crippen LogP contribution in [-0.2, 0) is 17.9 Å². The molecule has 1 aromatic carbocycles. The van der Waals surface area contributed by atoms with Gasteiger partial charge in [-0.15, -0.1) is 0 Å². The first-order valence-electron chi connectivity index (χ1n) is 4.72. The van der Waals surface area contributed by atoms with E-state index in [4.69, 9.17) is 10.8 Å². The van der Waals surface area contributed by atoms with Crippen LogP contribution in [0, 0.1) is 3.57 Å². The number of hydrogen-bond acceptors (Lipinski definition) is 2. The molecule has 0 radical (unpaired) electrons. The molecule has 0 aliphatic carbocycles. The van der Waals surface area contributed by atoms with Crippen molar-refractivity contribution in [1.82, 2.24) is 0 Å². The number of carboxylic acids is 1. The van der Waals surface area contributed by atoms with Gasteiger partial charge in [0, 0.05) is 9.99 Å². The van der Waals surface area contributed by atoms with Gasteiger partial charge in [-0.3, -0.25) is 4.79 Å². The third-order valence-corrected chi connectivity index (χ3v) is 3.36. The van der Waals surface area contributed by atoms with E-state index in [-0.39, 0.29) is 6.42 Å². The van der Waals surface area contributed by atoms with E-state index in [0.717, 1.165) is 9.13 Å². The van der Waals surface area contributed by atoms with E-state index in [1.165, 1.54) is 6.92 Å². The van der Waals surface area contributed by atoms with E-state index in [9.17, 15) is 9.18 Å². The molecule has 0 aliphatic heterocycles. The molecule has 0 unspecified atom stereocenters. The Hall–Kier alpha value is -0.690. The fourth-order valence-corrected chi connectivity index (χ4v) is 1.84. The van der Waals surface area contributed by atoms with E-state index in [1.54, 1.807) is 18.2 Å². The maximum atomic E-state index is 12.5. The van der Waals surface area contributed by atoms with Crippen LogP contribution in [0.4, 0.5) is 4.39 Å². The number of carboxylic acid groups (broad SMARTS) is 1. The molecule has 0 saturated heterocycles. The number of carbonyl (C=O) groups is 1. The van der Waals surface area contributed by atoms with Gasteiger partial charge in [0.05, 0.1) is 0 Å². The summed E-state index contributed by atoms with van der Waals surface area (Å²) in [6.07, 6.45) is 0.189. The molecule has 88 valence electrons. The van der Waals surface area contributed by atoms with Crippen molar-refractivity contribution in [1.29, 1.82) is 0 Å². The van der Waals surface area contributed by atoms with Gasteiger partial charge in [-0.1, -0.05) is 12.1 Å². The Bertz CT molecular complexity index is 407. The maximum Gasteiger partial charge on any atom is 0.323 e. The maximum absolute atomic E-state index is 12.5. The monoisotopic (exact) mass is 337 g/mol. The Labute approximate surface area is 107 Å². The fourth-order valence-electron chi connectivity index (χ4n) is 1.32. The van der Waals surface area contributed by atoms with Gasteiger partial charge in [-0.25, -0.2) is 4.39 Å². The van der Waals surface area contributed by atoms with Crippen LogP contribution in [0.25, 0.3) is 0 Å². The molecule has 0 saturated carbocycles. The van der Waals surface area contributed by atoms with E-state index in [0.29, 0.717) is 5.56 Å². The second-order valence-corrected chi connectivity index (χ2v) is 5.12. The van der Waals surface area contributed by atoms with Crippen LogP contribution in [-0.4, -0.2) is 16.6 Å². The highest BCUT2D eigenvalue weighted by molar-refractivity contribution is 14.1. The van der Waals surface area contributed by atoms with Gasteiger partial charge in [-0.2, -0.15) is 0 Å². The third kappa shape index (κ3) is 3.15. The summed E-state index contributed by atoms with van der Waals surface area (Å²) in [5.41, 5.74) is 5.64. The summed E-state index contributed by atoms with van der Waals surface area (Å²) in [5.74, 6) is -1.06. The summed E-state index contributed by atoms with van der Waals surface area (Å²) >= 11 is 2.09. The Morgan fingerprint density at radius 3 is 2.75 bits per heavy atom. The Morgan fingerprint density at radius 1 is 1.62 bits per heavy atom. The van der Waals surface area contributed by atoms with Gasteiger partial charge in [0.15, 0.2) is 0 Å². The first-order valence-corrected chi connectivity index (χ1v) is 5.80. The molecular weight excluding hydrogens is 324 g/mol. The molecule has 0 heterocycles. The van der Waals surface area contributed by atoms with Gasteiger partial charge in [-0.05, 0) is 46.7 Å². The average Bonchev–Trinajstić information content (AvgIpc) is 2.21. The predicted octanol–water partition coefficient (Wildman–Crippen LogP) is 2.11. The highest BCUT2D eigenvalue weighted by Crippen LogP contribution is 2.20. The summed E-state index contributed by atoms with van der Waals surface area (Å²) in [4.78, 5) is 10.9. The van der Waals surface area contributed by atoms with E-state index in [2.05, 4.69) is 22.6 Å². The van der Waals surface area contributed by atoms with E-state index >= 15 is 0 Å². The van der Waals surface area contributed by atoms with Gasteiger partial charge < -0.3 is 10.8 Å². The van der Waals surface area contributed by atoms with Crippen molar-refractivity contribution in [2.45, 2.75) is 25.6 Å². The lowest BCUT2D eigenvalue weighted by atomic mass is 9.93. The summed E-state index contributed by atoms with van der Waals surface area (Å²) in [6.45, 7) is 0.895. The smallest absolute Gasteiger partial charge is 0.323 e. The van der Waals surface area contributed by atoms with Crippen LogP contribution in [0.1, 0.15) is 18.1 Å². The van der Waals surface area contributed by atoms with Gasteiger partial charge in [0.2, 0.25) is 0 Å². The fraction of sp³-hybridized carbons (Fsp3) is 0.364. The second-order valence-electron chi connectivity index (χ2n) is 3.96. The third-order valence-electron chi connectivity index (χ3n) is 2.31. The van der Waals surface area contributed by atoms with Crippen molar-refractivity contribution in [2.24, 2.45) is 5.73 Å². The van der Waals surface area contributed by atoms with Crippen molar-refractivity contribution in [3.63, 3.8) is 0 Å². The molecule has 0 spiro atoms. The number of rotatable bonds is 4. The topological polar surface area (TPSA) is 63.3 Å². The zero-order chi connectivity index (χ0) is 12.3. The summed E-state index contributed by atoms with van der Waals surface area (Å²) < 4.78 is 13.4. The largest absolute Gasteiger partial charge is 0.480 e. The molecule has 0 bridgehead atoms. The van der Waals surface area contributed by atoms with Crippen LogP contribution in [0.2, 0.25) is 0 Å². The minimum Gasteiger partial charge on any atom is -0.480 e. The van der Waals surface area contributed by atoms with E-state index < -0.39 is 18.2 Å². The molecule has 0 aromatic heterocycles. The van der Waals surface area contributed by atoms with Crippen molar-refractivity contribution < 1.29 is 14.3 Å². The van der Waals surface area contributed by atoms with Crippen molar-refractivity contribution >= 4 is 28.6 Å². The number of hydrogen-bond donors (Lipinski definition) is 2. The molecule has 0 fully saturated rings. The molecule has 1 rings (SSSR count). The van der Waals surface area contributed by atoms with Gasteiger partial charge in [0.25, 0.3) is 0 Å². The Morgan fingerprint density at radius 2 is 2.25 bits per heavy atom. The average molecular weight is 337 g/mol. The molecule has 0 aliphatic rings. The number of aliphatic carboxylic acids is 1. The van der Waals surface area contributed by atoms with Crippen LogP contribution in [0.15, 0.2) is 18.2 Å². The minimum atomic E-state index is -1.32. The number of benzene rings is 1. The lowest BCUT2D eigenvalue weighted by molar-refractivity contribution is -0.142. The number of halogens is 2. The first-order chi connectivity index (χ1) is 7.36. The normalized spacial score (nSPS) is 14.5. The summed E-state index contributed by atoms with van der Waals surface area (Å²) in [6, 6.07) is 5.11. The van der Waals surface area contributed by atoms with Crippen LogP contribution in [0.5, 0.6) is 0 Å². The van der Waals surface area contributed by atoms with Crippen molar-refractivity contribution in [3.05, 3.63) is 32.9 Å². The Balaban J connectivity index is 3.00. The molecule has 3 N–H and O–H groups in total. The molecule has 3 nitrogen and oxygen atoms in total. The highest BCUT2D eigenvalue weighted by atomic mass is 127. The van der Waals surface area contributed by atoms with Crippen molar-refractivity contribution in [2.75, 3.05) is 0 Å². The highest BCUT2D eigenvalue weighted by Gasteiger charge is 2.28. The van der Waals surface area contributed by atoms with Gasteiger partial charge >= 0.3 is 5.97 Å². The van der Waals surface area contributed by atoms with E-state index in [1.807, 2.05) is 0 Å². The lowest BCUT2D eigenvalue weighted by Crippen LogP contribution is -2.47. The van der Waals surface area contributed by atoms with Crippen LogP contribution >= 0.6 is 22.6 Å². The van der Waals surface area contributed by atoms with Gasteiger partial charge in [0.1, 0.15) is 12.2 Å².